The Labute approximate surface area is 210 Å². The van der Waals surface area contributed by atoms with Crippen molar-refractivity contribution in [3.63, 3.8) is 0 Å². The fourth-order valence-corrected chi connectivity index (χ4v) is 7.18. The predicted octanol–water partition coefficient (Wildman–Crippen LogP) is -0.117. The Hall–Kier alpha value is -1.56. The molecule has 1 saturated heterocycles. The van der Waals surface area contributed by atoms with Crippen LogP contribution in [0, 0.1) is 18.3 Å². The molecular formula is C24H34IN4O3S-. The Morgan fingerprint density at radius 2 is 2.00 bits per heavy atom. The Morgan fingerprint density at radius 1 is 1.33 bits per heavy atom. The van der Waals surface area contributed by atoms with E-state index in [9.17, 15) is 14.7 Å². The zero-order chi connectivity index (χ0) is 24.3. The van der Waals surface area contributed by atoms with Gasteiger partial charge in [-0.2, -0.15) is 0 Å². The van der Waals surface area contributed by atoms with Crippen molar-refractivity contribution in [1.29, 1.82) is 0 Å². The molecule has 2 aromatic rings. The molecule has 0 unspecified atom stereocenters. The SMILES string of the molecule is Cc1ncsc1-c1ccc([C@H](C)NC(=O)[C@@H]2C[C@@H](O)CN2C(=O)[C@@H](C[I-]N)C(C)(C)C)cc1. The molecule has 1 fully saturated rings. The molecule has 1 aromatic carbocycles. The number of carbonyl (C=O) groups is 2. The van der Waals surface area contributed by atoms with Crippen molar-refractivity contribution in [2.45, 2.75) is 59.2 Å². The molecule has 0 bridgehead atoms. The fraction of sp³-hybridized carbons (Fsp3) is 0.542. The normalized spacial score (nSPS) is 20.6. The van der Waals surface area contributed by atoms with E-state index in [2.05, 4.69) is 10.3 Å². The Balaban J connectivity index is 1.71. The zero-order valence-corrected chi connectivity index (χ0v) is 22.8. The number of aliphatic hydroxyl groups is 1. The van der Waals surface area contributed by atoms with Gasteiger partial charge in [-0.15, -0.1) is 11.3 Å². The minimum absolute atomic E-state index is 0.0821. The van der Waals surface area contributed by atoms with Gasteiger partial charge >= 0.3 is 172 Å². The van der Waals surface area contributed by atoms with Gasteiger partial charge in [-0.1, -0.05) is 0 Å². The molecule has 2 amide bonds. The average Bonchev–Trinajstić information content (AvgIpc) is 3.36. The van der Waals surface area contributed by atoms with Crippen LogP contribution in [0.4, 0.5) is 0 Å². The first kappa shape index (κ1) is 26.1. The summed E-state index contributed by atoms with van der Waals surface area (Å²) in [4.78, 5) is 33.6. The second kappa shape index (κ2) is 10.8. The number of hydrogen-bond donors (Lipinski definition) is 3. The van der Waals surface area contributed by atoms with E-state index in [1.165, 1.54) is 0 Å². The number of amides is 2. The number of aliphatic hydroxyl groups excluding tert-OH is 1. The van der Waals surface area contributed by atoms with Crippen LogP contribution < -0.4 is 30.7 Å². The van der Waals surface area contributed by atoms with Crippen LogP contribution in [0.5, 0.6) is 0 Å². The molecule has 1 aromatic heterocycles. The Bertz CT molecular complexity index is 973. The van der Waals surface area contributed by atoms with Gasteiger partial charge in [0.2, 0.25) is 0 Å². The van der Waals surface area contributed by atoms with E-state index in [0.29, 0.717) is 4.43 Å². The average molecular weight is 586 g/mol. The third-order valence-corrected chi connectivity index (χ3v) is 8.60. The Kier molecular flexibility index (Phi) is 8.52. The van der Waals surface area contributed by atoms with E-state index < -0.39 is 33.6 Å². The van der Waals surface area contributed by atoms with Gasteiger partial charge in [0.25, 0.3) is 0 Å². The van der Waals surface area contributed by atoms with E-state index >= 15 is 0 Å². The van der Waals surface area contributed by atoms with Crippen molar-refractivity contribution in [3.05, 3.63) is 41.0 Å². The van der Waals surface area contributed by atoms with E-state index in [1.807, 2.05) is 64.4 Å². The second-order valence-corrected chi connectivity index (χ2v) is 12.4. The van der Waals surface area contributed by atoms with Gasteiger partial charge < -0.3 is 0 Å². The molecule has 0 radical (unpaired) electrons. The number of nitrogens with two attached hydrogens (primary N) is 1. The van der Waals surface area contributed by atoms with E-state index in [1.54, 1.807) is 16.2 Å². The molecule has 2 heterocycles. The molecule has 0 spiro atoms. The first-order valence-corrected chi connectivity index (χ1v) is 14.7. The summed E-state index contributed by atoms with van der Waals surface area (Å²) in [5.74, 6) is -0.567. The van der Waals surface area contributed by atoms with E-state index in [0.717, 1.165) is 21.7 Å². The van der Waals surface area contributed by atoms with Crippen molar-refractivity contribution in [1.82, 2.24) is 15.2 Å². The number of aromatic nitrogens is 1. The summed E-state index contributed by atoms with van der Waals surface area (Å²) >= 11 is 1.04. The van der Waals surface area contributed by atoms with Crippen LogP contribution in [0.25, 0.3) is 10.4 Å². The standard InChI is InChI=1S/C24H34IN4O3S/c1-14(16-6-8-17(9-7-16)21-15(2)27-13-33-21)28-22(31)20-10-18(30)12-29(20)23(32)19(11-25-26)24(3,4)5/h6-9,13-14,18-20,30H,10-12,26H2,1-5H3,(H,28,31)/q-1/t14-,18+,19+,20-/m0/s1. The van der Waals surface area contributed by atoms with Gasteiger partial charge in [0.05, 0.1) is 16.1 Å². The van der Waals surface area contributed by atoms with E-state index in [4.69, 9.17) is 3.95 Å². The number of aryl methyl sites for hydroxylation is 1. The second-order valence-electron chi connectivity index (χ2n) is 9.74. The van der Waals surface area contributed by atoms with Crippen molar-refractivity contribution in [2.24, 2.45) is 15.3 Å². The molecule has 3 rings (SSSR count). The monoisotopic (exact) mass is 585 g/mol. The number of carbonyl (C=O) groups excluding carboxylic acids is 2. The predicted molar refractivity (Wildman–Crippen MR) is 127 cm³/mol. The Morgan fingerprint density at radius 3 is 2.55 bits per heavy atom. The fourth-order valence-electron chi connectivity index (χ4n) is 4.16. The number of likely N-dealkylation sites (tertiary alicyclic amines) is 1. The topological polar surface area (TPSA) is 109 Å². The van der Waals surface area contributed by atoms with Crippen molar-refractivity contribution < 1.29 is 36.2 Å². The van der Waals surface area contributed by atoms with Gasteiger partial charge in [-0.05, 0) is 6.92 Å². The number of halogens is 1. The molecule has 0 aliphatic carbocycles. The number of nitrogens with one attached hydrogen (secondary N) is 1. The van der Waals surface area contributed by atoms with Crippen molar-refractivity contribution in [2.75, 3.05) is 11.0 Å². The summed E-state index contributed by atoms with van der Waals surface area (Å²) in [6, 6.07) is 7.19. The maximum absolute atomic E-state index is 13.4. The van der Waals surface area contributed by atoms with Gasteiger partial charge in [0.15, 0.2) is 0 Å². The van der Waals surface area contributed by atoms with Crippen molar-refractivity contribution >= 4 is 23.2 Å². The molecule has 0 saturated carbocycles. The van der Waals surface area contributed by atoms with Crippen LogP contribution in [0.1, 0.15) is 51.4 Å². The van der Waals surface area contributed by atoms with Gasteiger partial charge in [-0.25, -0.2) is 4.98 Å². The first-order valence-electron chi connectivity index (χ1n) is 11.1. The zero-order valence-electron chi connectivity index (χ0n) is 19.8. The van der Waals surface area contributed by atoms with Crippen molar-refractivity contribution in [3.8, 4) is 10.4 Å². The number of hydrogen-bond acceptors (Lipinski definition) is 6. The number of benzene rings is 1. The van der Waals surface area contributed by atoms with Crippen LogP contribution >= 0.6 is 11.3 Å². The summed E-state index contributed by atoms with van der Waals surface area (Å²) < 4.78 is 6.53. The van der Waals surface area contributed by atoms with Gasteiger partial charge in [0, 0.05) is 0 Å². The molecule has 4 N–H and O–H groups in total. The number of alkyl halides is 1. The third-order valence-electron chi connectivity index (χ3n) is 6.23. The molecular weight excluding hydrogens is 551 g/mol. The molecule has 7 nitrogen and oxygen atoms in total. The summed E-state index contributed by atoms with van der Waals surface area (Å²) in [7, 11) is 0. The number of β-amino-alcohol motifs (C(OH)–C–C–N with tert-alkyl or cyclic N) is 1. The third kappa shape index (κ3) is 6.12. The first-order chi connectivity index (χ1) is 15.5. The summed E-state index contributed by atoms with van der Waals surface area (Å²) in [6.45, 7) is 10.2. The quantitative estimate of drug-likeness (QED) is 0.239. The molecule has 33 heavy (non-hydrogen) atoms. The van der Waals surface area contributed by atoms with Crippen LogP contribution in [-0.4, -0.2) is 49.9 Å². The van der Waals surface area contributed by atoms with Crippen LogP contribution in [-0.2, 0) is 9.59 Å². The van der Waals surface area contributed by atoms with Crippen LogP contribution in [0.3, 0.4) is 0 Å². The van der Waals surface area contributed by atoms with Gasteiger partial charge in [-0.3, -0.25) is 0 Å². The number of thiazole rings is 1. The molecule has 9 heteroatoms. The molecule has 1 aliphatic rings. The summed E-state index contributed by atoms with van der Waals surface area (Å²) in [5, 5.41) is 13.3. The summed E-state index contributed by atoms with van der Waals surface area (Å²) in [5.41, 5.74) is 4.67. The molecule has 182 valence electrons. The van der Waals surface area contributed by atoms with Gasteiger partial charge in [0.1, 0.15) is 0 Å². The molecule has 1 aliphatic heterocycles. The number of rotatable bonds is 7. The molecule has 4 atom stereocenters. The summed E-state index contributed by atoms with van der Waals surface area (Å²) in [6.07, 6.45) is -0.447. The van der Waals surface area contributed by atoms with Crippen LogP contribution in [0.15, 0.2) is 29.8 Å². The maximum atomic E-state index is 13.4. The minimum atomic E-state index is -0.699. The van der Waals surface area contributed by atoms with E-state index in [-0.39, 0.29) is 42.2 Å². The number of nitrogens with zero attached hydrogens (tertiary/aromatic N) is 2. The van der Waals surface area contributed by atoms with Crippen LogP contribution in [0.2, 0.25) is 0 Å².